The Bertz CT molecular complexity index is 545. The Morgan fingerprint density at radius 1 is 1.40 bits per heavy atom. The molecule has 0 saturated carbocycles. The minimum atomic E-state index is 0.169. The Balaban J connectivity index is 2.08. The van der Waals surface area contributed by atoms with Crippen molar-refractivity contribution < 1.29 is 0 Å². The van der Waals surface area contributed by atoms with Gasteiger partial charge in [0.2, 0.25) is 0 Å². The Kier molecular flexibility index (Phi) is 6.05. The fourth-order valence-corrected chi connectivity index (χ4v) is 3.60. The fraction of sp³-hybridized carbons (Fsp3) is 0.333. The lowest BCUT2D eigenvalue weighted by Crippen LogP contribution is -2.32. The summed E-state index contributed by atoms with van der Waals surface area (Å²) in [6.45, 7) is 1.54. The lowest BCUT2D eigenvalue weighted by atomic mass is 10.1. The lowest BCUT2D eigenvalue weighted by Gasteiger charge is -2.28. The molecule has 2 N–H and O–H groups in total. The zero-order valence-electron chi connectivity index (χ0n) is 11.4. The number of hydrogen-bond donors (Lipinski definition) is 1. The van der Waals surface area contributed by atoms with Gasteiger partial charge in [0.1, 0.15) is 0 Å². The maximum absolute atomic E-state index is 6.10. The molecule has 1 aromatic carbocycles. The molecule has 0 radical (unpaired) electrons. The van der Waals surface area contributed by atoms with Crippen molar-refractivity contribution in [3.63, 3.8) is 0 Å². The summed E-state index contributed by atoms with van der Waals surface area (Å²) in [6, 6.07) is 10.3. The van der Waals surface area contributed by atoms with E-state index in [1.54, 1.807) is 11.3 Å². The first-order chi connectivity index (χ1) is 9.61. The largest absolute Gasteiger partial charge is 0.329 e. The minimum Gasteiger partial charge on any atom is -0.329 e. The van der Waals surface area contributed by atoms with Crippen molar-refractivity contribution in [3.8, 4) is 0 Å². The Hall–Kier alpha value is -0.390. The van der Waals surface area contributed by atoms with Crippen molar-refractivity contribution in [1.82, 2.24) is 4.90 Å². The second-order valence-corrected chi connectivity index (χ2v) is 7.05. The highest BCUT2D eigenvalue weighted by atomic mass is 79.9. The number of hydrogen-bond acceptors (Lipinski definition) is 3. The normalized spacial score (nSPS) is 12.8. The van der Waals surface area contributed by atoms with E-state index >= 15 is 0 Å². The van der Waals surface area contributed by atoms with Gasteiger partial charge in [-0.25, -0.2) is 0 Å². The molecule has 1 heterocycles. The highest BCUT2D eigenvalue weighted by Gasteiger charge is 2.18. The van der Waals surface area contributed by atoms with Crippen LogP contribution in [0.2, 0.25) is 5.02 Å². The molecular weight excluding hydrogens is 356 g/mol. The molecule has 0 spiro atoms. The summed E-state index contributed by atoms with van der Waals surface area (Å²) in [4.78, 5) is 3.69. The molecule has 1 unspecified atom stereocenters. The number of thiophene rings is 1. The van der Waals surface area contributed by atoms with Crippen molar-refractivity contribution in [1.29, 1.82) is 0 Å². The van der Waals surface area contributed by atoms with Crippen LogP contribution in [0.1, 0.15) is 16.5 Å². The zero-order chi connectivity index (χ0) is 14.5. The Morgan fingerprint density at radius 2 is 2.20 bits per heavy atom. The quantitative estimate of drug-likeness (QED) is 0.816. The molecule has 108 valence electrons. The maximum atomic E-state index is 6.10. The van der Waals surface area contributed by atoms with Gasteiger partial charge in [0, 0.05) is 33.5 Å². The van der Waals surface area contributed by atoms with Crippen molar-refractivity contribution in [2.45, 2.75) is 12.5 Å². The molecule has 1 aromatic heterocycles. The van der Waals surface area contributed by atoms with Gasteiger partial charge in [-0.15, -0.1) is 11.3 Å². The molecule has 2 aromatic rings. The van der Waals surface area contributed by atoms with Gasteiger partial charge in [0.05, 0.1) is 0 Å². The van der Waals surface area contributed by atoms with Gasteiger partial charge in [-0.1, -0.05) is 33.6 Å². The summed E-state index contributed by atoms with van der Waals surface area (Å²) in [5.74, 6) is 0. The van der Waals surface area contributed by atoms with Crippen LogP contribution >= 0.6 is 38.9 Å². The first-order valence-corrected chi connectivity index (χ1v) is 8.54. The summed E-state index contributed by atoms with van der Waals surface area (Å²) in [5, 5.41) is 2.86. The van der Waals surface area contributed by atoms with E-state index in [0.717, 1.165) is 28.0 Å². The van der Waals surface area contributed by atoms with Crippen LogP contribution in [0.5, 0.6) is 0 Å². The third-order valence-electron chi connectivity index (χ3n) is 3.36. The molecule has 0 amide bonds. The monoisotopic (exact) mass is 372 g/mol. The smallest absolute Gasteiger partial charge is 0.0479 e. The van der Waals surface area contributed by atoms with Crippen molar-refractivity contribution in [2.24, 2.45) is 5.73 Å². The average molecular weight is 374 g/mol. The summed E-state index contributed by atoms with van der Waals surface area (Å²) in [7, 11) is 2.11. The van der Waals surface area contributed by atoms with Crippen LogP contribution in [0.3, 0.4) is 0 Å². The van der Waals surface area contributed by atoms with Crippen LogP contribution in [0, 0.1) is 0 Å². The molecule has 20 heavy (non-hydrogen) atoms. The predicted octanol–water partition coefficient (Wildman–Crippen LogP) is 4.34. The zero-order valence-corrected chi connectivity index (χ0v) is 14.5. The van der Waals surface area contributed by atoms with Gasteiger partial charge in [0.15, 0.2) is 0 Å². The number of halogens is 2. The van der Waals surface area contributed by atoms with E-state index in [1.807, 2.05) is 18.2 Å². The first-order valence-electron chi connectivity index (χ1n) is 6.49. The van der Waals surface area contributed by atoms with Gasteiger partial charge in [-0.05, 0) is 48.7 Å². The second kappa shape index (κ2) is 7.57. The van der Waals surface area contributed by atoms with E-state index in [1.165, 1.54) is 4.88 Å². The average Bonchev–Trinajstić information content (AvgIpc) is 2.94. The number of benzene rings is 1. The van der Waals surface area contributed by atoms with Gasteiger partial charge in [-0.3, -0.25) is 4.90 Å². The maximum Gasteiger partial charge on any atom is 0.0479 e. The van der Waals surface area contributed by atoms with E-state index in [9.17, 15) is 0 Å². The van der Waals surface area contributed by atoms with E-state index in [4.69, 9.17) is 17.3 Å². The molecular formula is C15H18BrClN2S. The molecule has 0 aliphatic heterocycles. The van der Waals surface area contributed by atoms with Crippen molar-refractivity contribution in [2.75, 3.05) is 20.1 Å². The van der Waals surface area contributed by atoms with Crippen LogP contribution in [-0.2, 0) is 6.42 Å². The SMILES string of the molecule is CN(CCc1cccs1)C(CN)c1cc(Cl)ccc1Br. The number of nitrogens with two attached hydrogens (primary N) is 1. The summed E-state index contributed by atoms with van der Waals surface area (Å²) in [5.41, 5.74) is 7.12. The molecule has 0 bridgehead atoms. The molecule has 2 nitrogen and oxygen atoms in total. The first kappa shape index (κ1) is 16.0. The van der Waals surface area contributed by atoms with Crippen LogP contribution in [0.25, 0.3) is 0 Å². The standard InChI is InChI=1S/C15H18BrClN2S/c1-19(7-6-12-3-2-8-20-12)15(10-18)13-9-11(17)4-5-14(13)16/h2-5,8-9,15H,6-7,10,18H2,1H3. The molecule has 2 rings (SSSR count). The van der Waals surface area contributed by atoms with Crippen LogP contribution < -0.4 is 5.73 Å². The second-order valence-electron chi connectivity index (χ2n) is 4.73. The number of nitrogens with zero attached hydrogens (tertiary/aromatic N) is 1. The molecule has 0 aliphatic carbocycles. The summed E-state index contributed by atoms with van der Waals surface area (Å²) >= 11 is 11.5. The number of rotatable bonds is 6. The van der Waals surface area contributed by atoms with E-state index < -0.39 is 0 Å². The number of likely N-dealkylation sites (N-methyl/N-ethyl adjacent to an activating group) is 1. The molecule has 1 atom stereocenters. The third-order valence-corrected chi connectivity index (χ3v) is 5.26. The summed E-state index contributed by atoms with van der Waals surface area (Å²) in [6.07, 6.45) is 1.04. The van der Waals surface area contributed by atoms with E-state index in [2.05, 4.69) is 45.4 Å². The topological polar surface area (TPSA) is 29.3 Å². The van der Waals surface area contributed by atoms with Crippen LogP contribution in [0.15, 0.2) is 40.2 Å². The van der Waals surface area contributed by atoms with Gasteiger partial charge < -0.3 is 5.73 Å². The molecule has 0 aliphatic rings. The van der Waals surface area contributed by atoms with Gasteiger partial charge >= 0.3 is 0 Å². The molecule has 5 heteroatoms. The Morgan fingerprint density at radius 3 is 2.85 bits per heavy atom. The van der Waals surface area contributed by atoms with Gasteiger partial charge in [-0.2, -0.15) is 0 Å². The predicted molar refractivity (Wildman–Crippen MR) is 91.6 cm³/mol. The molecule has 0 fully saturated rings. The van der Waals surface area contributed by atoms with Gasteiger partial charge in [0.25, 0.3) is 0 Å². The van der Waals surface area contributed by atoms with Crippen LogP contribution in [-0.4, -0.2) is 25.0 Å². The fourth-order valence-electron chi connectivity index (χ4n) is 2.21. The third kappa shape index (κ3) is 4.06. The highest BCUT2D eigenvalue weighted by Crippen LogP contribution is 2.29. The molecule has 0 saturated heterocycles. The lowest BCUT2D eigenvalue weighted by molar-refractivity contribution is 0.253. The van der Waals surface area contributed by atoms with E-state index in [0.29, 0.717) is 6.54 Å². The Labute approximate surface area is 137 Å². The van der Waals surface area contributed by atoms with Crippen molar-refractivity contribution >= 4 is 38.9 Å². The minimum absolute atomic E-state index is 0.169. The summed E-state index contributed by atoms with van der Waals surface area (Å²) < 4.78 is 1.06. The van der Waals surface area contributed by atoms with Crippen molar-refractivity contribution in [3.05, 3.63) is 55.6 Å². The van der Waals surface area contributed by atoms with Crippen LogP contribution in [0.4, 0.5) is 0 Å². The van der Waals surface area contributed by atoms with E-state index in [-0.39, 0.29) is 6.04 Å². The highest BCUT2D eigenvalue weighted by molar-refractivity contribution is 9.10.